The fourth-order valence-electron chi connectivity index (χ4n) is 2.93. The van der Waals surface area contributed by atoms with Gasteiger partial charge >= 0.3 is 0 Å². The number of benzene rings is 1. The van der Waals surface area contributed by atoms with Crippen molar-refractivity contribution in [2.75, 3.05) is 33.4 Å². The Morgan fingerprint density at radius 2 is 1.82 bits per heavy atom. The Kier molecular flexibility index (Phi) is 4.57. The summed E-state index contributed by atoms with van der Waals surface area (Å²) in [5, 5.41) is -0.676. The van der Waals surface area contributed by atoms with Crippen LogP contribution in [0.5, 0.6) is 5.75 Å². The van der Waals surface area contributed by atoms with Crippen molar-refractivity contribution in [1.29, 1.82) is 0 Å². The summed E-state index contributed by atoms with van der Waals surface area (Å²) in [6.07, 6.45) is 1.40. The number of carbonyl (C=O) groups excluding carboxylic acids is 1. The fraction of sp³-hybridized carbons (Fsp3) is 0.562. The lowest BCUT2D eigenvalue weighted by Crippen LogP contribution is -2.48. The zero-order valence-corrected chi connectivity index (χ0v) is 13.3. The minimum Gasteiger partial charge on any atom is -0.497 e. The van der Waals surface area contributed by atoms with Crippen molar-refractivity contribution >= 4 is 17.5 Å². The van der Waals surface area contributed by atoms with Gasteiger partial charge in [0.05, 0.1) is 20.3 Å². The third-order valence-electron chi connectivity index (χ3n) is 4.28. The van der Waals surface area contributed by atoms with Crippen LogP contribution < -0.4 is 4.74 Å². The van der Waals surface area contributed by atoms with Gasteiger partial charge in [-0.05, 0) is 17.7 Å². The highest BCUT2D eigenvalue weighted by Crippen LogP contribution is 2.33. The number of alkyl halides is 1. The van der Waals surface area contributed by atoms with Gasteiger partial charge in [-0.25, -0.2) is 0 Å². The maximum atomic E-state index is 12.5. The molecular weight excluding hydrogens is 306 g/mol. The smallest absolute Gasteiger partial charge is 0.245 e. The molecule has 0 N–H and O–H groups in total. The maximum absolute atomic E-state index is 12.5. The van der Waals surface area contributed by atoms with E-state index >= 15 is 0 Å². The quantitative estimate of drug-likeness (QED) is 0.800. The van der Waals surface area contributed by atoms with Crippen LogP contribution in [0.25, 0.3) is 0 Å². The van der Waals surface area contributed by atoms with Crippen molar-refractivity contribution in [2.24, 2.45) is 0 Å². The van der Waals surface area contributed by atoms with E-state index in [2.05, 4.69) is 0 Å². The Morgan fingerprint density at radius 3 is 2.36 bits per heavy atom. The molecule has 1 unspecified atom stereocenters. The number of ether oxygens (including phenoxy) is 3. The number of hydrogen-bond donors (Lipinski definition) is 0. The Morgan fingerprint density at radius 1 is 1.23 bits per heavy atom. The Labute approximate surface area is 135 Å². The lowest BCUT2D eigenvalue weighted by Gasteiger charge is -2.38. The van der Waals surface area contributed by atoms with Gasteiger partial charge < -0.3 is 19.1 Å². The molecule has 0 aliphatic carbocycles. The van der Waals surface area contributed by atoms with Crippen LogP contribution in [0.2, 0.25) is 0 Å². The van der Waals surface area contributed by atoms with Gasteiger partial charge in [0.15, 0.2) is 5.79 Å². The van der Waals surface area contributed by atoms with E-state index in [4.69, 9.17) is 25.8 Å². The second-order valence-electron chi connectivity index (χ2n) is 5.57. The van der Waals surface area contributed by atoms with Crippen molar-refractivity contribution in [1.82, 2.24) is 4.90 Å². The zero-order valence-electron chi connectivity index (χ0n) is 12.6. The van der Waals surface area contributed by atoms with Crippen molar-refractivity contribution in [3.05, 3.63) is 29.8 Å². The second kappa shape index (κ2) is 6.44. The molecule has 5 nitrogen and oxygen atoms in total. The van der Waals surface area contributed by atoms with Crippen LogP contribution >= 0.6 is 11.6 Å². The first-order valence-corrected chi connectivity index (χ1v) is 7.92. The largest absolute Gasteiger partial charge is 0.497 e. The van der Waals surface area contributed by atoms with Crippen molar-refractivity contribution in [2.45, 2.75) is 24.0 Å². The summed E-state index contributed by atoms with van der Waals surface area (Å²) in [5.74, 6) is 0.203. The molecule has 1 atom stereocenters. The van der Waals surface area contributed by atoms with Crippen LogP contribution in [0.3, 0.4) is 0 Å². The normalized spacial score (nSPS) is 21.8. The van der Waals surface area contributed by atoms with Gasteiger partial charge in [-0.2, -0.15) is 0 Å². The maximum Gasteiger partial charge on any atom is 0.245 e. The molecule has 1 spiro atoms. The summed E-state index contributed by atoms with van der Waals surface area (Å²) < 4.78 is 16.5. The van der Waals surface area contributed by atoms with E-state index in [1.165, 1.54) is 0 Å². The number of likely N-dealkylation sites (tertiary alicyclic amines) is 1. The van der Waals surface area contributed by atoms with Crippen LogP contribution in [0, 0.1) is 0 Å². The van der Waals surface area contributed by atoms with Gasteiger partial charge in [-0.3, -0.25) is 4.79 Å². The summed E-state index contributed by atoms with van der Waals surface area (Å²) >= 11 is 6.34. The average Bonchev–Trinajstić information content (AvgIpc) is 3.02. The van der Waals surface area contributed by atoms with E-state index in [-0.39, 0.29) is 5.91 Å². The standard InChI is InChI=1S/C16H20ClNO4/c1-20-13-4-2-12(3-5-13)14(17)15(19)18-8-6-16(7-9-18)21-10-11-22-16/h2-5,14H,6-11H2,1H3. The van der Waals surface area contributed by atoms with E-state index in [0.717, 1.165) is 11.3 Å². The molecule has 120 valence electrons. The summed E-state index contributed by atoms with van der Waals surface area (Å²) in [7, 11) is 1.61. The number of piperidine rings is 1. The molecule has 2 heterocycles. The van der Waals surface area contributed by atoms with Crippen LogP contribution in [0.15, 0.2) is 24.3 Å². The van der Waals surface area contributed by atoms with Gasteiger partial charge in [-0.1, -0.05) is 12.1 Å². The van der Waals surface area contributed by atoms with Crippen molar-refractivity contribution in [3.8, 4) is 5.75 Å². The third kappa shape index (κ3) is 3.07. The van der Waals surface area contributed by atoms with E-state index in [9.17, 15) is 4.79 Å². The molecule has 1 aromatic rings. The lowest BCUT2D eigenvalue weighted by atomic mass is 10.0. The average molecular weight is 326 g/mol. The molecule has 2 fully saturated rings. The van der Waals surface area contributed by atoms with E-state index in [1.54, 1.807) is 12.0 Å². The predicted octanol–water partition coefficient (Wildman–Crippen LogP) is 2.34. The van der Waals surface area contributed by atoms with Crippen LogP contribution in [0.1, 0.15) is 23.8 Å². The monoisotopic (exact) mass is 325 g/mol. The van der Waals surface area contributed by atoms with Crippen molar-refractivity contribution in [3.63, 3.8) is 0 Å². The van der Waals surface area contributed by atoms with Crippen LogP contribution in [0.4, 0.5) is 0 Å². The van der Waals surface area contributed by atoms with Crippen LogP contribution in [-0.2, 0) is 14.3 Å². The Hall–Kier alpha value is -1.30. The summed E-state index contributed by atoms with van der Waals surface area (Å²) in [4.78, 5) is 14.3. The number of amides is 1. The molecule has 2 aliphatic rings. The topological polar surface area (TPSA) is 48.0 Å². The number of rotatable bonds is 3. The third-order valence-corrected chi connectivity index (χ3v) is 4.71. The molecule has 0 radical (unpaired) electrons. The van der Waals surface area contributed by atoms with Crippen LogP contribution in [-0.4, -0.2) is 50.0 Å². The molecular formula is C16H20ClNO4. The first-order chi connectivity index (χ1) is 10.6. The highest BCUT2D eigenvalue weighted by atomic mass is 35.5. The highest BCUT2D eigenvalue weighted by molar-refractivity contribution is 6.30. The first-order valence-electron chi connectivity index (χ1n) is 7.48. The molecule has 3 rings (SSSR count). The molecule has 0 bridgehead atoms. The molecule has 1 aromatic carbocycles. The van der Waals surface area contributed by atoms with Gasteiger partial charge in [0.25, 0.3) is 0 Å². The number of methoxy groups -OCH3 is 1. The van der Waals surface area contributed by atoms with Crippen molar-refractivity contribution < 1.29 is 19.0 Å². The summed E-state index contributed by atoms with van der Waals surface area (Å²) in [6, 6.07) is 7.26. The zero-order chi connectivity index (χ0) is 15.6. The van der Waals surface area contributed by atoms with Gasteiger partial charge in [0.1, 0.15) is 11.1 Å². The minimum absolute atomic E-state index is 0.0697. The second-order valence-corrected chi connectivity index (χ2v) is 6.01. The molecule has 6 heteroatoms. The highest BCUT2D eigenvalue weighted by Gasteiger charge is 2.41. The molecule has 22 heavy (non-hydrogen) atoms. The lowest BCUT2D eigenvalue weighted by molar-refractivity contribution is -0.187. The number of hydrogen-bond acceptors (Lipinski definition) is 4. The summed E-state index contributed by atoms with van der Waals surface area (Å²) in [5.41, 5.74) is 0.779. The van der Waals surface area contributed by atoms with Gasteiger partial charge in [-0.15, -0.1) is 11.6 Å². The van der Waals surface area contributed by atoms with Gasteiger partial charge in [0.2, 0.25) is 5.91 Å². The van der Waals surface area contributed by atoms with E-state index in [0.29, 0.717) is 39.1 Å². The molecule has 0 saturated carbocycles. The minimum atomic E-state index is -0.676. The molecule has 2 aliphatic heterocycles. The fourth-order valence-corrected chi connectivity index (χ4v) is 3.21. The molecule has 0 aromatic heterocycles. The van der Waals surface area contributed by atoms with E-state index < -0.39 is 11.2 Å². The summed E-state index contributed by atoms with van der Waals surface area (Å²) in [6.45, 7) is 2.49. The first kappa shape index (κ1) is 15.6. The molecule has 2 saturated heterocycles. The SMILES string of the molecule is COc1ccc(C(Cl)C(=O)N2CCC3(CC2)OCCO3)cc1. The number of nitrogens with zero attached hydrogens (tertiary/aromatic N) is 1. The number of carbonyl (C=O) groups is 1. The number of halogens is 1. The molecule has 1 amide bonds. The van der Waals surface area contributed by atoms with E-state index in [1.807, 2.05) is 24.3 Å². The Bertz CT molecular complexity index is 517. The van der Waals surface area contributed by atoms with Gasteiger partial charge in [0, 0.05) is 25.9 Å². The predicted molar refractivity (Wildman–Crippen MR) is 82.0 cm³/mol. The Balaban J connectivity index is 1.61.